The van der Waals surface area contributed by atoms with Gasteiger partial charge in [-0.2, -0.15) is 0 Å². The van der Waals surface area contributed by atoms with Gasteiger partial charge < -0.3 is 0 Å². The number of hydrogen-bond donors (Lipinski definition) is 0. The molecule has 0 spiro atoms. The lowest BCUT2D eigenvalue weighted by molar-refractivity contribution is 0.504. The standard InChI is InChI=1S/C6H12.C2H8Si/c1-2-4-6-5-3-1;1-3-2/h1-6H2;3H2,1-2H3. The van der Waals surface area contributed by atoms with Gasteiger partial charge in [-0.25, -0.2) is 0 Å². The van der Waals surface area contributed by atoms with Gasteiger partial charge in [0.25, 0.3) is 0 Å². The summed E-state index contributed by atoms with van der Waals surface area (Å²) in [6.45, 7) is 4.53. The summed E-state index contributed by atoms with van der Waals surface area (Å²) in [4.78, 5) is 0. The van der Waals surface area contributed by atoms with E-state index in [9.17, 15) is 0 Å². The van der Waals surface area contributed by atoms with Gasteiger partial charge in [-0.05, 0) is 0 Å². The van der Waals surface area contributed by atoms with E-state index in [1.807, 2.05) is 0 Å². The third-order valence-corrected chi connectivity index (χ3v) is 1.50. The van der Waals surface area contributed by atoms with Crippen LogP contribution in [0.2, 0.25) is 13.1 Å². The van der Waals surface area contributed by atoms with Crippen LogP contribution in [0.25, 0.3) is 0 Å². The van der Waals surface area contributed by atoms with Crippen LogP contribution >= 0.6 is 0 Å². The van der Waals surface area contributed by atoms with E-state index in [0.717, 1.165) is 0 Å². The van der Waals surface area contributed by atoms with Crippen molar-refractivity contribution in [1.82, 2.24) is 0 Å². The van der Waals surface area contributed by atoms with Crippen LogP contribution in [0.15, 0.2) is 0 Å². The van der Waals surface area contributed by atoms with E-state index in [1.54, 1.807) is 0 Å². The van der Waals surface area contributed by atoms with Gasteiger partial charge in [0.2, 0.25) is 0 Å². The first-order valence-corrected chi connectivity index (χ1v) is 7.24. The molecule has 9 heavy (non-hydrogen) atoms. The summed E-state index contributed by atoms with van der Waals surface area (Å²) in [6.07, 6.45) is 9.00. The molecule has 1 heteroatoms. The highest BCUT2D eigenvalue weighted by molar-refractivity contribution is 6.31. The first kappa shape index (κ1) is 9.22. The SMILES string of the molecule is C1CCCCC1.C[SiH2]C. The first-order valence-electron chi connectivity index (χ1n) is 4.41. The summed E-state index contributed by atoms with van der Waals surface area (Å²) in [7, 11) is 0.417. The van der Waals surface area contributed by atoms with Crippen LogP contribution < -0.4 is 0 Å². The molecule has 1 rings (SSSR count). The topological polar surface area (TPSA) is 0 Å². The van der Waals surface area contributed by atoms with Crippen LogP contribution in [0.5, 0.6) is 0 Å². The van der Waals surface area contributed by atoms with Gasteiger partial charge in [-0.1, -0.05) is 51.6 Å². The molecule has 0 aromatic heterocycles. The third kappa shape index (κ3) is 8.22. The summed E-state index contributed by atoms with van der Waals surface area (Å²) < 4.78 is 0. The van der Waals surface area contributed by atoms with E-state index >= 15 is 0 Å². The average molecular weight is 144 g/mol. The molecule has 0 radical (unpaired) electrons. The fraction of sp³-hybridized carbons (Fsp3) is 1.00. The molecule has 56 valence electrons. The molecule has 0 unspecified atom stereocenters. The van der Waals surface area contributed by atoms with Gasteiger partial charge in [0.1, 0.15) is 0 Å². The Morgan fingerprint density at radius 1 is 0.667 bits per heavy atom. The van der Waals surface area contributed by atoms with Gasteiger partial charge in [0.15, 0.2) is 0 Å². The van der Waals surface area contributed by atoms with Crippen molar-refractivity contribution in [1.29, 1.82) is 0 Å². The molecule has 1 fully saturated rings. The minimum atomic E-state index is 0.417. The maximum atomic E-state index is 2.26. The molecule has 1 aliphatic carbocycles. The first-order chi connectivity index (χ1) is 4.41. The Labute approximate surface area is 61.9 Å². The molecular formula is C8H20Si. The molecular weight excluding hydrogens is 124 g/mol. The number of hydrogen-bond acceptors (Lipinski definition) is 0. The van der Waals surface area contributed by atoms with Crippen LogP contribution in [0.1, 0.15) is 38.5 Å². The molecule has 0 saturated heterocycles. The highest BCUT2D eigenvalue weighted by Crippen LogP contribution is 2.15. The van der Waals surface area contributed by atoms with Crippen molar-refractivity contribution < 1.29 is 0 Å². The molecule has 0 aromatic rings. The lowest BCUT2D eigenvalue weighted by atomic mass is 10.0. The molecule has 0 nitrogen and oxygen atoms in total. The summed E-state index contributed by atoms with van der Waals surface area (Å²) in [5, 5.41) is 0. The molecule has 0 aromatic carbocycles. The van der Waals surface area contributed by atoms with Gasteiger partial charge in [0.05, 0.1) is 0 Å². The molecule has 0 heterocycles. The Morgan fingerprint density at radius 3 is 0.889 bits per heavy atom. The molecule has 0 N–H and O–H groups in total. The monoisotopic (exact) mass is 144 g/mol. The Kier molecular flexibility index (Phi) is 8.41. The second-order valence-corrected chi connectivity index (χ2v) is 4.24. The summed E-state index contributed by atoms with van der Waals surface area (Å²) in [5.41, 5.74) is 0. The van der Waals surface area contributed by atoms with Crippen LogP contribution in [0.3, 0.4) is 0 Å². The highest BCUT2D eigenvalue weighted by Gasteiger charge is 1.95. The van der Waals surface area contributed by atoms with Crippen molar-refractivity contribution in [2.24, 2.45) is 0 Å². The van der Waals surface area contributed by atoms with Crippen LogP contribution in [-0.2, 0) is 0 Å². The Balaban J connectivity index is 0.000000187. The molecule has 0 amide bonds. The molecule has 1 saturated carbocycles. The van der Waals surface area contributed by atoms with Crippen molar-refractivity contribution >= 4 is 9.52 Å². The molecule has 0 atom stereocenters. The maximum Gasteiger partial charge on any atom is 0.0135 e. The normalized spacial score (nSPS) is 18.0. The fourth-order valence-corrected chi connectivity index (χ4v) is 1.06. The average Bonchev–Trinajstić information content (AvgIpc) is 1.93. The summed E-state index contributed by atoms with van der Waals surface area (Å²) in [6, 6.07) is 0. The predicted molar refractivity (Wildman–Crippen MR) is 48.0 cm³/mol. The molecule has 0 bridgehead atoms. The quantitative estimate of drug-likeness (QED) is 0.458. The number of rotatable bonds is 0. The Bertz CT molecular complexity index is 28.3. The van der Waals surface area contributed by atoms with Gasteiger partial charge in [-0.15, -0.1) is 0 Å². The highest BCUT2D eigenvalue weighted by atomic mass is 28.2. The van der Waals surface area contributed by atoms with E-state index in [0.29, 0.717) is 9.52 Å². The van der Waals surface area contributed by atoms with Gasteiger partial charge >= 0.3 is 0 Å². The van der Waals surface area contributed by atoms with Crippen molar-refractivity contribution in [3.05, 3.63) is 0 Å². The van der Waals surface area contributed by atoms with E-state index in [1.165, 1.54) is 38.5 Å². The van der Waals surface area contributed by atoms with E-state index in [2.05, 4.69) is 13.1 Å². The third-order valence-electron chi connectivity index (χ3n) is 1.50. The minimum absolute atomic E-state index is 0.417. The lowest BCUT2D eigenvalue weighted by Gasteiger charge is -2.05. The molecule has 1 aliphatic rings. The second-order valence-electron chi connectivity index (χ2n) is 2.83. The van der Waals surface area contributed by atoms with Crippen molar-refractivity contribution in [3.63, 3.8) is 0 Å². The summed E-state index contributed by atoms with van der Waals surface area (Å²) in [5.74, 6) is 0. The van der Waals surface area contributed by atoms with Gasteiger partial charge in [-0.3, -0.25) is 0 Å². The smallest absolute Gasteiger partial charge is 0.0135 e. The van der Waals surface area contributed by atoms with Crippen LogP contribution in [0, 0.1) is 0 Å². The summed E-state index contributed by atoms with van der Waals surface area (Å²) >= 11 is 0. The maximum absolute atomic E-state index is 2.26. The lowest BCUT2D eigenvalue weighted by Crippen LogP contribution is -1.85. The fourth-order valence-electron chi connectivity index (χ4n) is 1.06. The van der Waals surface area contributed by atoms with Crippen molar-refractivity contribution in [2.45, 2.75) is 51.6 Å². The second kappa shape index (κ2) is 8.22. The van der Waals surface area contributed by atoms with Crippen LogP contribution in [-0.4, -0.2) is 9.52 Å². The Hall–Kier alpha value is 0.217. The van der Waals surface area contributed by atoms with E-state index < -0.39 is 0 Å². The van der Waals surface area contributed by atoms with Crippen LogP contribution in [0.4, 0.5) is 0 Å². The zero-order valence-corrected chi connectivity index (χ0v) is 8.36. The van der Waals surface area contributed by atoms with E-state index in [-0.39, 0.29) is 0 Å². The largest absolute Gasteiger partial charge is 0.0750 e. The predicted octanol–water partition coefficient (Wildman–Crippen LogP) is 2.59. The van der Waals surface area contributed by atoms with Gasteiger partial charge in [0, 0.05) is 9.52 Å². The molecule has 0 aliphatic heterocycles. The van der Waals surface area contributed by atoms with Crippen molar-refractivity contribution in [2.75, 3.05) is 0 Å². The zero-order chi connectivity index (χ0) is 6.95. The zero-order valence-electron chi connectivity index (χ0n) is 6.95. The minimum Gasteiger partial charge on any atom is -0.0750 e. The Morgan fingerprint density at radius 2 is 0.778 bits per heavy atom. The van der Waals surface area contributed by atoms with Crippen molar-refractivity contribution in [3.8, 4) is 0 Å². The van der Waals surface area contributed by atoms with E-state index in [4.69, 9.17) is 0 Å².